The lowest BCUT2D eigenvalue weighted by molar-refractivity contribution is -0.139. The topological polar surface area (TPSA) is 109 Å². The lowest BCUT2D eigenvalue weighted by Gasteiger charge is -2.47. The fourth-order valence-electron chi connectivity index (χ4n) is 5.46. The highest BCUT2D eigenvalue weighted by Crippen LogP contribution is 2.43. The van der Waals surface area contributed by atoms with E-state index in [2.05, 4.69) is 15.6 Å². The van der Waals surface area contributed by atoms with E-state index < -0.39 is 17.2 Å². The van der Waals surface area contributed by atoms with Crippen molar-refractivity contribution < 1.29 is 14.3 Å². The van der Waals surface area contributed by atoms with Crippen molar-refractivity contribution in [3.8, 4) is 5.75 Å². The first kappa shape index (κ1) is 23.6. The van der Waals surface area contributed by atoms with Crippen molar-refractivity contribution in [1.82, 2.24) is 15.6 Å². The Bertz CT molecular complexity index is 1240. The van der Waals surface area contributed by atoms with Crippen LogP contribution >= 0.6 is 0 Å². The monoisotopic (exact) mass is 474 g/mol. The van der Waals surface area contributed by atoms with Gasteiger partial charge in [0.15, 0.2) is 5.78 Å². The zero-order chi connectivity index (χ0) is 24.6. The number of amides is 1. The molecule has 184 valence electrons. The third-order valence-corrected chi connectivity index (χ3v) is 7.47. The van der Waals surface area contributed by atoms with E-state index in [4.69, 9.17) is 10.5 Å². The van der Waals surface area contributed by atoms with Crippen LogP contribution in [0.3, 0.4) is 0 Å². The number of fused-ring (bicyclic) bond motifs is 2. The Morgan fingerprint density at radius 2 is 1.86 bits per heavy atom. The molecule has 2 aromatic carbocycles. The molecule has 0 radical (unpaired) electrons. The lowest BCUT2D eigenvalue weighted by Crippen LogP contribution is -2.61. The number of ketones is 1. The molecule has 2 atom stereocenters. The van der Waals surface area contributed by atoms with Gasteiger partial charge in [-0.3, -0.25) is 9.59 Å². The number of carbonyl (C=O) groups is 2. The Morgan fingerprint density at radius 3 is 2.63 bits per heavy atom. The van der Waals surface area contributed by atoms with Gasteiger partial charge in [-0.15, -0.1) is 0 Å². The Labute approximate surface area is 205 Å². The van der Waals surface area contributed by atoms with E-state index in [1.807, 2.05) is 54.7 Å². The number of Topliss-reactive ketones (excluding diaryl/α,β-unsaturated/α-hetero) is 1. The van der Waals surface area contributed by atoms with E-state index in [1.165, 1.54) is 0 Å². The number of aromatic amines is 1. The van der Waals surface area contributed by atoms with Gasteiger partial charge in [0, 0.05) is 36.4 Å². The molecule has 5 rings (SSSR count). The van der Waals surface area contributed by atoms with E-state index in [1.54, 1.807) is 13.8 Å². The number of H-pyrrole nitrogens is 1. The van der Waals surface area contributed by atoms with Crippen LogP contribution in [-0.2, 0) is 22.4 Å². The first-order valence-electron chi connectivity index (χ1n) is 12.4. The molecule has 1 fully saturated rings. The molecule has 2 aliphatic heterocycles. The molecule has 1 saturated heterocycles. The van der Waals surface area contributed by atoms with Crippen LogP contribution in [0.5, 0.6) is 5.75 Å². The fourth-order valence-corrected chi connectivity index (χ4v) is 5.46. The predicted molar refractivity (Wildman–Crippen MR) is 136 cm³/mol. The standard InChI is InChI=1S/C28H34N4O3/c1-27(2,29)26(34)32-23(16-19-17-31-22-9-5-4-8-20(19)22)25(33)21-15-18-7-3-6-10-24(18)35-28(21)11-13-30-14-12-28/h3-10,17,21,23,30-31H,11-16,29H2,1-2H3,(H,32,34)/t21-,23?/m0/s1. The molecule has 7 heteroatoms. The highest BCUT2D eigenvalue weighted by molar-refractivity contribution is 5.95. The van der Waals surface area contributed by atoms with Gasteiger partial charge in [0.25, 0.3) is 0 Å². The Balaban J connectivity index is 1.51. The molecular formula is C28H34N4O3. The third-order valence-electron chi connectivity index (χ3n) is 7.47. The lowest BCUT2D eigenvalue weighted by atomic mass is 9.70. The maximum absolute atomic E-state index is 14.3. The van der Waals surface area contributed by atoms with E-state index in [9.17, 15) is 9.59 Å². The second-order valence-corrected chi connectivity index (χ2v) is 10.5. The minimum absolute atomic E-state index is 0.00397. The molecule has 1 unspecified atom stereocenters. The summed E-state index contributed by atoms with van der Waals surface area (Å²) in [6.45, 7) is 4.90. The second kappa shape index (κ2) is 9.13. The van der Waals surface area contributed by atoms with Gasteiger partial charge in [-0.25, -0.2) is 0 Å². The molecule has 7 nitrogen and oxygen atoms in total. The normalized spacial score (nSPS) is 20.1. The van der Waals surface area contributed by atoms with Crippen LogP contribution in [0.25, 0.3) is 10.9 Å². The van der Waals surface area contributed by atoms with Crippen molar-refractivity contribution in [2.24, 2.45) is 11.7 Å². The van der Waals surface area contributed by atoms with Crippen LogP contribution in [0.1, 0.15) is 37.8 Å². The minimum atomic E-state index is -1.10. The van der Waals surface area contributed by atoms with Gasteiger partial charge in [0.05, 0.1) is 17.5 Å². The van der Waals surface area contributed by atoms with E-state index in [0.29, 0.717) is 12.8 Å². The molecule has 0 bridgehead atoms. The van der Waals surface area contributed by atoms with Crippen LogP contribution in [0.2, 0.25) is 0 Å². The summed E-state index contributed by atoms with van der Waals surface area (Å²) < 4.78 is 6.62. The quantitative estimate of drug-likeness (QED) is 0.439. The summed E-state index contributed by atoms with van der Waals surface area (Å²) in [7, 11) is 0. The fraction of sp³-hybridized carbons (Fsp3) is 0.429. The third kappa shape index (κ3) is 4.58. The maximum Gasteiger partial charge on any atom is 0.240 e. The smallest absolute Gasteiger partial charge is 0.240 e. The number of nitrogens with one attached hydrogen (secondary N) is 3. The van der Waals surface area contributed by atoms with Crippen LogP contribution in [-0.4, -0.2) is 46.9 Å². The zero-order valence-corrected chi connectivity index (χ0v) is 20.4. The largest absolute Gasteiger partial charge is 0.486 e. The van der Waals surface area contributed by atoms with Crippen molar-refractivity contribution in [1.29, 1.82) is 0 Å². The van der Waals surface area contributed by atoms with Crippen molar-refractivity contribution in [2.75, 3.05) is 13.1 Å². The average molecular weight is 475 g/mol. The van der Waals surface area contributed by atoms with Gasteiger partial charge in [0.1, 0.15) is 11.4 Å². The molecular weight excluding hydrogens is 440 g/mol. The molecule has 1 amide bonds. The molecule has 35 heavy (non-hydrogen) atoms. The van der Waals surface area contributed by atoms with Crippen molar-refractivity contribution in [3.63, 3.8) is 0 Å². The number of benzene rings is 2. The molecule has 3 aromatic rings. The minimum Gasteiger partial charge on any atom is -0.486 e. The number of aromatic nitrogens is 1. The summed E-state index contributed by atoms with van der Waals surface area (Å²) in [5.74, 6) is 0.158. The number of carbonyl (C=O) groups excluding carboxylic acids is 2. The second-order valence-electron chi connectivity index (χ2n) is 10.5. The Kier molecular flexibility index (Phi) is 6.15. The van der Waals surface area contributed by atoms with Gasteiger partial charge in [-0.1, -0.05) is 36.4 Å². The molecule has 1 aromatic heterocycles. The van der Waals surface area contributed by atoms with Crippen molar-refractivity contribution in [2.45, 2.75) is 56.7 Å². The summed E-state index contributed by atoms with van der Waals surface area (Å²) in [4.78, 5) is 30.6. The first-order valence-corrected chi connectivity index (χ1v) is 12.4. The summed E-state index contributed by atoms with van der Waals surface area (Å²) in [6, 6.07) is 15.2. The molecule has 2 aliphatic rings. The highest BCUT2D eigenvalue weighted by atomic mass is 16.5. The Morgan fingerprint density at radius 1 is 1.14 bits per heavy atom. The van der Waals surface area contributed by atoms with Gasteiger partial charge >= 0.3 is 0 Å². The van der Waals surface area contributed by atoms with Crippen molar-refractivity contribution in [3.05, 3.63) is 65.9 Å². The zero-order valence-electron chi connectivity index (χ0n) is 20.4. The van der Waals surface area contributed by atoms with E-state index in [0.717, 1.165) is 53.7 Å². The number of piperidine rings is 1. The summed E-state index contributed by atoms with van der Waals surface area (Å²) >= 11 is 0. The Hall–Kier alpha value is -3.16. The summed E-state index contributed by atoms with van der Waals surface area (Å²) in [5.41, 5.74) is 7.45. The number of para-hydroxylation sites is 2. The number of hydrogen-bond acceptors (Lipinski definition) is 5. The van der Waals surface area contributed by atoms with Gasteiger partial charge in [-0.05, 0) is 56.6 Å². The number of nitrogens with two attached hydrogens (primary N) is 1. The van der Waals surface area contributed by atoms with E-state index >= 15 is 0 Å². The maximum atomic E-state index is 14.3. The average Bonchev–Trinajstić information content (AvgIpc) is 3.25. The predicted octanol–water partition coefficient (Wildman–Crippen LogP) is 2.88. The molecule has 0 saturated carbocycles. The van der Waals surface area contributed by atoms with Gasteiger partial charge in [0.2, 0.25) is 5.91 Å². The number of rotatable bonds is 6. The summed E-state index contributed by atoms with van der Waals surface area (Å²) in [6.07, 6.45) is 4.40. The van der Waals surface area contributed by atoms with Crippen LogP contribution < -0.4 is 21.1 Å². The van der Waals surface area contributed by atoms with Gasteiger partial charge < -0.3 is 26.1 Å². The first-order chi connectivity index (χ1) is 16.8. The number of hydrogen-bond donors (Lipinski definition) is 4. The van der Waals surface area contributed by atoms with Crippen molar-refractivity contribution >= 4 is 22.6 Å². The molecule has 0 aliphatic carbocycles. The number of ether oxygens (including phenoxy) is 1. The molecule has 5 N–H and O–H groups in total. The van der Waals surface area contributed by atoms with Crippen LogP contribution in [0.15, 0.2) is 54.7 Å². The van der Waals surface area contributed by atoms with Crippen LogP contribution in [0, 0.1) is 5.92 Å². The SMILES string of the molecule is CC(C)(N)C(=O)NC(Cc1c[nH]c2ccccc12)C(=O)[C@@H]1Cc2ccccc2OC12CCNCC2. The molecule has 3 heterocycles. The van der Waals surface area contributed by atoms with Crippen LogP contribution in [0.4, 0.5) is 0 Å². The summed E-state index contributed by atoms with van der Waals surface area (Å²) in [5, 5.41) is 7.45. The molecule has 1 spiro atoms. The van der Waals surface area contributed by atoms with E-state index in [-0.39, 0.29) is 17.6 Å². The highest BCUT2D eigenvalue weighted by Gasteiger charge is 2.50. The van der Waals surface area contributed by atoms with Gasteiger partial charge in [-0.2, -0.15) is 0 Å².